The number of benzene rings is 1. The summed E-state index contributed by atoms with van der Waals surface area (Å²) >= 11 is 0. The third-order valence-electron chi connectivity index (χ3n) is 7.34. The van der Waals surface area contributed by atoms with E-state index in [0.29, 0.717) is 11.4 Å². The number of nitrogens with one attached hydrogen (secondary N) is 3. The van der Waals surface area contributed by atoms with Gasteiger partial charge in [0, 0.05) is 23.1 Å². The molecule has 0 saturated heterocycles. The molecule has 37 heavy (non-hydrogen) atoms. The maximum absolute atomic E-state index is 13.6. The van der Waals surface area contributed by atoms with Crippen LogP contribution in [0.25, 0.3) is 11.1 Å². The highest BCUT2D eigenvalue weighted by atomic mass is 16.3. The van der Waals surface area contributed by atoms with Gasteiger partial charge in [0.2, 0.25) is 5.91 Å². The van der Waals surface area contributed by atoms with Gasteiger partial charge in [-0.2, -0.15) is 10.2 Å². The molecule has 4 rings (SSSR count). The Morgan fingerprint density at radius 3 is 2.38 bits per heavy atom. The molecular weight excluding hydrogens is 468 g/mol. The Labute approximate surface area is 218 Å². The summed E-state index contributed by atoms with van der Waals surface area (Å²) in [6, 6.07) is 8.31. The summed E-state index contributed by atoms with van der Waals surface area (Å²) in [4.78, 5) is 26.9. The van der Waals surface area contributed by atoms with Gasteiger partial charge in [0.15, 0.2) is 0 Å². The smallest absolute Gasteiger partial charge is 0.270 e. The Kier molecular flexibility index (Phi) is 8.76. The topological polar surface area (TPSA) is 125 Å². The standard InChI is InChI=1S/C28H38N6O3/c1-18(17-35)34-24(15-16-29-34)27(36)31-26(22-9-7-5-4-6-8-10-22)28(37)30-23-13-11-21(12-14-23)25-19(2)32-33-20(25)3/h11-16,18,22,26,35H,4-10,17H2,1-3H3,(H,30,37)(H,31,36)(H,32,33)/t18-,26?/m0/s1. The van der Waals surface area contributed by atoms with Crippen molar-refractivity contribution in [3.63, 3.8) is 0 Å². The number of aliphatic hydroxyl groups is 1. The maximum Gasteiger partial charge on any atom is 0.270 e. The average molecular weight is 507 g/mol. The van der Waals surface area contributed by atoms with Gasteiger partial charge in [-0.25, -0.2) is 0 Å². The van der Waals surface area contributed by atoms with Crippen LogP contribution in [0.4, 0.5) is 5.69 Å². The number of H-pyrrole nitrogens is 1. The van der Waals surface area contributed by atoms with Crippen LogP contribution in [-0.2, 0) is 4.79 Å². The zero-order chi connectivity index (χ0) is 26.4. The maximum atomic E-state index is 13.6. The second-order valence-electron chi connectivity index (χ2n) is 10.1. The van der Waals surface area contributed by atoms with Crippen LogP contribution in [0.3, 0.4) is 0 Å². The first-order valence-corrected chi connectivity index (χ1v) is 13.3. The van der Waals surface area contributed by atoms with Crippen molar-refractivity contribution in [2.75, 3.05) is 11.9 Å². The van der Waals surface area contributed by atoms with Gasteiger partial charge in [0.1, 0.15) is 11.7 Å². The lowest BCUT2D eigenvalue weighted by atomic mass is 9.85. The molecule has 1 aromatic carbocycles. The number of hydrogen-bond acceptors (Lipinski definition) is 5. The van der Waals surface area contributed by atoms with E-state index in [9.17, 15) is 14.7 Å². The molecule has 2 amide bonds. The van der Waals surface area contributed by atoms with Crippen LogP contribution < -0.4 is 10.6 Å². The molecule has 2 heterocycles. The summed E-state index contributed by atoms with van der Waals surface area (Å²) in [5, 5.41) is 27.1. The number of rotatable bonds is 8. The highest BCUT2D eigenvalue weighted by Crippen LogP contribution is 2.28. The molecule has 0 radical (unpaired) electrons. The molecular formula is C28H38N6O3. The molecule has 3 aromatic rings. The Morgan fingerprint density at radius 1 is 1.08 bits per heavy atom. The number of anilines is 1. The van der Waals surface area contributed by atoms with Crippen molar-refractivity contribution in [1.82, 2.24) is 25.3 Å². The largest absolute Gasteiger partial charge is 0.394 e. The number of aromatic amines is 1. The SMILES string of the molecule is Cc1n[nH]c(C)c1-c1ccc(NC(=O)C(NC(=O)c2ccnn2[C@@H](C)CO)C2CCCCCCC2)cc1. The van der Waals surface area contributed by atoms with E-state index in [2.05, 4.69) is 25.9 Å². The first kappa shape index (κ1) is 26.6. The van der Waals surface area contributed by atoms with Crippen molar-refractivity contribution in [1.29, 1.82) is 0 Å². The minimum absolute atomic E-state index is 0.0476. The van der Waals surface area contributed by atoms with Gasteiger partial charge in [-0.05, 0) is 63.3 Å². The Morgan fingerprint density at radius 2 is 1.76 bits per heavy atom. The highest BCUT2D eigenvalue weighted by Gasteiger charge is 2.31. The molecule has 9 heteroatoms. The zero-order valence-corrected chi connectivity index (χ0v) is 22.0. The number of nitrogens with zero attached hydrogens (tertiary/aromatic N) is 3. The number of aromatic nitrogens is 4. The van der Waals surface area contributed by atoms with Crippen molar-refractivity contribution in [3.8, 4) is 11.1 Å². The zero-order valence-electron chi connectivity index (χ0n) is 22.0. The molecule has 0 spiro atoms. The molecule has 1 aliphatic carbocycles. The molecule has 198 valence electrons. The number of hydrogen-bond donors (Lipinski definition) is 4. The minimum Gasteiger partial charge on any atom is -0.394 e. The summed E-state index contributed by atoms with van der Waals surface area (Å²) in [6.07, 6.45) is 8.92. The van der Waals surface area contributed by atoms with Crippen LogP contribution in [0.1, 0.15) is 79.8 Å². The summed E-state index contributed by atoms with van der Waals surface area (Å²) < 4.78 is 1.50. The first-order valence-electron chi connectivity index (χ1n) is 13.3. The fraction of sp³-hybridized carbons (Fsp3) is 0.500. The number of aliphatic hydroxyl groups excluding tert-OH is 1. The van der Waals surface area contributed by atoms with Crippen molar-refractivity contribution in [3.05, 3.63) is 53.6 Å². The lowest BCUT2D eigenvalue weighted by molar-refractivity contribution is -0.119. The third kappa shape index (κ3) is 6.28. The Hall–Kier alpha value is -3.46. The molecule has 1 fully saturated rings. The lowest BCUT2D eigenvalue weighted by Gasteiger charge is -2.29. The minimum atomic E-state index is -0.670. The quantitative estimate of drug-likeness (QED) is 0.357. The summed E-state index contributed by atoms with van der Waals surface area (Å²) in [5.74, 6) is -0.531. The van der Waals surface area contributed by atoms with Crippen LogP contribution in [0, 0.1) is 19.8 Å². The number of amides is 2. The normalized spacial score (nSPS) is 16.4. The number of carbonyl (C=O) groups is 2. The molecule has 0 aliphatic heterocycles. The molecule has 4 N–H and O–H groups in total. The third-order valence-corrected chi connectivity index (χ3v) is 7.34. The monoisotopic (exact) mass is 506 g/mol. The van der Waals surface area contributed by atoms with Crippen LogP contribution in [0.5, 0.6) is 0 Å². The highest BCUT2D eigenvalue weighted by molar-refractivity contribution is 6.00. The van der Waals surface area contributed by atoms with Gasteiger partial charge < -0.3 is 15.7 Å². The Bertz CT molecular complexity index is 1170. The van der Waals surface area contributed by atoms with E-state index in [0.717, 1.165) is 61.0 Å². The summed E-state index contributed by atoms with van der Waals surface area (Å²) in [6.45, 7) is 5.60. The number of aryl methyl sites for hydroxylation is 2. The second kappa shape index (κ2) is 12.2. The molecule has 2 atom stereocenters. The second-order valence-corrected chi connectivity index (χ2v) is 10.1. The van der Waals surface area contributed by atoms with Gasteiger partial charge in [-0.15, -0.1) is 0 Å². The van der Waals surface area contributed by atoms with E-state index in [1.165, 1.54) is 17.3 Å². The van der Waals surface area contributed by atoms with Crippen molar-refractivity contribution in [2.45, 2.75) is 77.8 Å². The van der Waals surface area contributed by atoms with Crippen LogP contribution in [0.2, 0.25) is 0 Å². The molecule has 1 unspecified atom stereocenters. The fourth-order valence-electron chi connectivity index (χ4n) is 5.27. The van der Waals surface area contributed by atoms with E-state index < -0.39 is 6.04 Å². The van der Waals surface area contributed by atoms with E-state index in [1.807, 2.05) is 38.1 Å². The van der Waals surface area contributed by atoms with Gasteiger partial charge in [0.05, 0.1) is 18.3 Å². The van der Waals surface area contributed by atoms with Crippen LogP contribution >= 0.6 is 0 Å². The van der Waals surface area contributed by atoms with E-state index in [-0.39, 0.29) is 30.4 Å². The molecule has 9 nitrogen and oxygen atoms in total. The predicted octanol–water partition coefficient (Wildman–Crippen LogP) is 4.54. The van der Waals surface area contributed by atoms with Crippen LogP contribution in [-0.4, -0.2) is 49.5 Å². The fourth-order valence-corrected chi connectivity index (χ4v) is 5.27. The van der Waals surface area contributed by atoms with Crippen molar-refractivity contribution < 1.29 is 14.7 Å². The average Bonchev–Trinajstić information content (AvgIpc) is 3.49. The predicted molar refractivity (Wildman–Crippen MR) is 143 cm³/mol. The van der Waals surface area contributed by atoms with Gasteiger partial charge in [-0.3, -0.25) is 19.4 Å². The van der Waals surface area contributed by atoms with E-state index in [4.69, 9.17) is 0 Å². The summed E-state index contributed by atoms with van der Waals surface area (Å²) in [5.41, 5.74) is 5.02. The van der Waals surface area contributed by atoms with E-state index >= 15 is 0 Å². The van der Waals surface area contributed by atoms with E-state index in [1.54, 1.807) is 13.0 Å². The molecule has 1 aliphatic rings. The van der Waals surface area contributed by atoms with Gasteiger partial charge in [-0.1, -0.05) is 44.2 Å². The Balaban J connectivity index is 1.54. The van der Waals surface area contributed by atoms with Crippen molar-refractivity contribution >= 4 is 17.5 Å². The molecule has 1 saturated carbocycles. The molecule has 0 bridgehead atoms. The van der Waals surface area contributed by atoms with Crippen molar-refractivity contribution in [2.24, 2.45) is 5.92 Å². The van der Waals surface area contributed by atoms with Gasteiger partial charge in [0.25, 0.3) is 5.91 Å². The number of carbonyl (C=O) groups excluding carboxylic acids is 2. The van der Waals surface area contributed by atoms with Gasteiger partial charge >= 0.3 is 0 Å². The molecule has 2 aromatic heterocycles. The summed E-state index contributed by atoms with van der Waals surface area (Å²) in [7, 11) is 0. The lowest BCUT2D eigenvalue weighted by Crippen LogP contribution is -2.49. The van der Waals surface area contributed by atoms with Crippen LogP contribution in [0.15, 0.2) is 36.5 Å². The first-order chi connectivity index (χ1) is 17.9.